The minimum absolute atomic E-state index is 0.284. The van der Waals surface area contributed by atoms with E-state index in [4.69, 9.17) is 5.26 Å². The third kappa shape index (κ3) is 4.13. The minimum atomic E-state index is -3.52. The Morgan fingerprint density at radius 1 is 1.59 bits per heavy atom. The van der Waals surface area contributed by atoms with Crippen LogP contribution < -0.4 is 4.72 Å². The van der Waals surface area contributed by atoms with Gasteiger partial charge in [-0.1, -0.05) is 13.0 Å². The van der Waals surface area contributed by atoms with Crippen LogP contribution in [-0.4, -0.2) is 25.2 Å². The molecule has 0 fully saturated rings. The fourth-order valence-electron chi connectivity index (χ4n) is 1.36. The molecule has 0 amide bonds. The molecule has 6 heteroatoms. The summed E-state index contributed by atoms with van der Waals surface area (Å²) in [7, 11) is -3.52. The first kappa shape index (κ1) is 13.6. The van der Waals surface area contributed by atoms with E-state index in [-0.39, 0.29) is 6.54 Å². The number of nitrogens with one attached hydrogen (secondary N) is 1. The van der Waals surface area contributed by atoms with Crippen LogP contribution in [0.25, 0.3) is 0 Å². The van der Waals surface area contributed by atoms with Crippen molar-refractivity contribution in [3.8, 4) is 6.07 Å². The topological polar surface area (TPSA) is 82.8 Å². The molecule has 0 radical (unpaired) electrons. The van der Waals surface area contributed by atoms with Gasteiger partial charge in [-0.15, -0.1) is 0 Å². The molecule has 0 aliphatic rings. The summed E-state index contributed by atoms with van der Waals surface area (Å²) in [6.45, 7) is 1.96. The van der Waals surface area contributed by atoms with E-state index >= 15 is 0 Å². The van der Waals surface area contributed by atoms with Gasteiger partial charge in [-0.3, -0.25) is 4.98 Å². The van der Waals surface area contributed by atoms with E-state index in [1.807, 2.05) is 6.07 Å². The molecule has 1 aromatic rings. The first-order chi connectivity index (χ1) is 8.10. The maximum absolute atomic E-state index is 11.6. The molecule has 0 aromatic carbocycles. The Kier molecular flexibility index (Phi) is 5.07. The van der Waals surface area contributed by atoms with Crippen molar-refractivity contribution in [2.24, 2.45) is 0 Å². The standard InChI is InChI=1S/C11H15N3O2S/c1-2-11(8-12)17(15,16)14-7-5-10-4-3-6-13-9-10/h3-4,6,9,11,14H,2,5,7H2,1H3. The van der Waals surface area contributed by atoms with E-state index in [0.29, 0.717) is 12.8 Å². The Hall–Kier alpha value is -1.45. The van der Waals surface area contributed by atoms with Gasteiger partial charge in [-0.2, -0.15) is 5.26 Å². The van der Waals surface area contributed by atoms with Crippen molar-refractivity contribution in [2.75, 3.05) is 6.54 Å². The molecule has 0 saturated heterocycles. The zero-order valence-corrected chi connectivity index (χ0v) is 10.4. The molecule has 1 aromatic heterocycles. The first-order valence-electron chi connectivity index (χ1n) is 5.37. The van der Waals surface area contributed by atoms with Crippen LogP contribution in [0.15, 0.2) is 24.5 Å². The Morgan fingerprint density at radius 3 is 2.88 bits per heavy atom. The number of sulfonamides is 1. The van der Waals surface area contributed by atoms with Gasteiger partial charge in [0.2, 0.25) is 10.0 Å². The summed E-state index contributed by atoms with van der Waals surface area (Å²) in [5, 5.41) is 7.72. The summed E-state index contributed by atoms with van der Waals surface area (Å²) < 4.78 is 25.7. The fraction of sp³-hybridized carbons (Fsp3) is 0.455. The zero-order chi connectivity index (χ0) is 12.7. The lowest BCUT2D eigenvalue weighted by Gasteiger charge is -2.09. The predicted molar refractivity (Wildman–Crippen MR) is 64.6 cm³/mol. The molecular weight excluding hydrogens is 238 g/mol. The van der Waals surface area contributed by atoms with Gasteiger partial charge in [0.15, 0.2) is 5.25 Å². The third-order valence-electron chi connectivity index (χ3n) is 2.33. The summed E-state index contributed by atoms with van der Waals surface area (Å²) in [4.78, 5) is 3.94. The van der Waals surface area contributed by atoms with Crippen molar-refractivity contribution in [1.29, 1.82) is 5.26 Å². The monoisotopic (exact) mass is 253 g/mol. The lowest BCUT2D eigenvalue weighted by atomic mass is 10.2. The summed E-state index contributed by atoms with van der Waals surface area (Å²) in [5.74, 6) is 0. The second-order valence-corrected chi connectivity index (χ2v) is 5.52. The van der Waals surface area contributed by atoms with Crippen molar-refractivity contribution in [3.63, 3.8) is 0 Å². The third-order valence-corrected chi connectivity index (χ3v) is 4.12. The number of nitrogens with zero attached hydrogens (tertiary/aromatic N) is 2. The molecule has 0 spiro atoms. The lowest BCUT2D eigenvalue weighted by molar-refractivity contribution is 0.572. The Bertz CT molecular complexity index is 479. The van der Waals surface area contributed by atoms with Crippen LogP contribution in [0.2, 0.25) is 0 Å². The molecule has 0 aliphatic carbocycles. The minimum Gasteiger partial charge on any atom is -0.264 e. The van der Waals surface area contributed by atoms with Crippen LogP contribution in [0.1, 0.15) is 18.9 Å². The molecule has 1 rings (SSSR count). The molecule has 1 heterocycles. The first-order valence-corrected chi connectivity index (χ1v) is 6.91. The van der Waals surface area contributed by atoms with Gasteiger partial charge in [0, 0.05) is 18.9 Å². The quantitative estimate of drug-likeness (QED) is 0.814. The van der Waals surface area contributed by atoms with Crippen LogP contribution in [0.3, 0.4) is 0 Å². The number of rotatable bonds is 6. The number of nitriles is 1. The van der Waals surface area contributed by atoms with Crippen molar-refractivity contribution in [1.82, 2.24) is 9.71 Å². The van der Waals surface area contributed by atoms with Gasteiger partial charge < -0.3 is 0 Å². The van der Waals surface area contributed by atoms with Gasteiger partial charge in [0.05, 0.1) is 6.07 Å². The van der Waals surface area contributed by atoms with Gasteiger partial charge in [-0.05, 0) is 24.5 Å². The molecule has 17 heavy (non-hydrogen) atoms. The van der Waals surface area contributed by atoms with Gasteiger partial charge in [0.1, 0.15) is 0 Å². The van der Waals surface area contributed by atoms with Crippen LogP contribution in [-0.2, 0) is 16.4 Å². The molecule has 0 bridgehead atoms. The molecule has 1 unspecified atom stereocenters. The van der Waals surface area contributed by atoms with Crippen molar-refractivity contribution >= 4 is 10.0 Å². The number of pyridine rings is 1. The van der Waals surface area contributed by atoms with Gasteiger partial charge in [0.25, 0.3) is 0 Å². The van der Waals surface area contributed by atoms with E-state index in [1.54, 1.807) is 31.5 Å². The van der Waals surface area contributed by atoms with Gasteiger partial charge >= 0.3 is 0 Å². The van der Waals surface area contributed by atoms with Crippen molar-refractivity contribution < 1.29 is 8.42 Å². The van der Waals surface area contributed by atoms with Crippen molar-refractivity contribution in [3.05, 3.63) is 30.1 Å². The maximum Gasteiger partial charge on any atom is 0.227 e. The van der Waals surface area contributed by atoms with E-state index in [1.165, 1.54) is 0 Å². The number of hydrogen-bond donors (Lipinski definition) is 1. The Labute approximate surface area is 102 Å². The van der Waals surface area contributed by atoms with E-state index in [2.05, 4.69) is 9.71 Å². The highest BCUT2D eigenvalue weighted by Gasteiger charge is 2.22. The predicted octanol–water partition coefficient (Wildman–Crippen LogP) is 0.846. The lowest BCUT2D eigenvalue weighted by Crippen LogP contribution is -2.34. The second kappa shape index (κ2) is 6.33. The highest BCUT2D eigenvalue weighted by Crippen LogP contribution is 2.03. The van der Waals surface area contributed by atoms with E-state index in [9.17, 15) is 8.42 Å². The van der Waals surface area contributed by atoms with E-state index in [0.717, 1.165) is 5.56 Å². The molecule has 92 valence electrons. The SMILES string of the molecule is CCC(C#N)S(=O)(=O)NCCc1cccnc1. The summed E-state index contributed by atoms with van der Waals surface area (Å²) in [6, 6.07) is 5.46. The highest BCUT2D eigenvalue weighted by atomic mass is 32.2. The van der Waals surface area contributed by atoms with Crippen LogP contribution >= 0.6 is 0 Å². The molecule has 0 saturated carbocycles. The summed E-state index contributed by atoms with van der Waals surface area (Å²) in [6.07, 6.45) is 4.21. The molecule has 1 atom stereocenters. The van der Waals surface area contributed by atoms with Crippen LogP contribution in [0.4, 0.5) is 0 Å². The Balaban J connectivity index is 2.49. The normalized spacial score (nSPS) is 12.9. The maximum atomic E-state index is 11.6. The average molecular weight is 253 g/mol. The summed E-state index contributed by atoms with van der Waals surface area (Å²) >= 11 is 0. The highest BCUT2D eigenvalue weighted by molar-refractivity contribution is 7.90. The second-order valence-electron chi connectivity index (χ2n) is 3.58. The number of aromatic nitrogens is 1. The van der Waals surface area contributed by atoms with Crippen LogP contribution in [0.5, 0.6) is 0 Å². The fourth-order valence-corrected chi connectivity index (χ4v) is 2.53. The smallest absolute Gasteiger partial charge is 0.227 e. The summed E-state index contributed by atoms with van der Waals surface area (Å²) in [5.41, 5.74) is 0.959. The largest absolute Gasteiger partial charge is 0.264 e. The molecule has 5 nitrogen and oxygen atoms in total. The average Bonchev–Trinajstić information content (AvgIpc) is 2.31. The zero-order valence-electron chi connectivity index (χ0n) is 9.63. The van der Waals surface area contributed by atoms with E-state index < -0.39 is 15.3 Å². The van der Waals surface area contributed by atoms with Crippen LogP contribution in [0, 0.1) is 11.3 Å². The molecule has 0 aliphatic heterocycles. The Morgan fingerprint density at radius 2 is 2.35 bits per heavy atom. The van der Waals surface area contributed by atoms with Crippen molar-refractivity contribution in [2.45, 2.75) is 25.0 Å². The molecule has 1 N–H and O–H groups in total. The van der Waals surface area contributed by atoms with Gasteiger partial charge in [-0.25, -0.2) is 13.1 Å². The molecular formula is C11H15N3O2S. The number of hydrogen-bond acceptors (Lipinski definition) is 4.